The fourth-order valence-corrected chi connectivity index (χ4v) is 2.60. The van der Waals surface area contributed by atoms with Gasteiger partial charge in [0.15, 0.2) is 0 Å². The summed E-state index contributed by atoms with van der Waals surface area (Å²) in [5.74, 6) is 0.423. The number of aromatic nitrogens is 2. The molecule has 124 valence electrons. The van der Waals surface area contributed by atoms with E-state index >= 15 is 0 Å². The summed E-state index contributed by atoms with van der Waals surface area (Å²) in [5.41, 5.74) is 2.22. The molecule has 0 spiro atoms. The average molecular weight is 354 g/mol. The van der Waals surface area contributed by atoms with Gasteiger partial charge in [0, 0.05) is 6.54 Å². The van der Waals surface area contributed by atoms with Crippen LogP contribution in [0.3, 0.4) is 0 Å². The summed E-state index contributed by atoms with van der Waals surface area (Å²) in [6.07, 6.45) is 1.60. The standard InChI is InChI=1S/C17H21Cl2N3O/c1-10(2)8-20-17(23)13-9-21-22(16(13)11(3)4)12-5-6-14(18)15(19)7-12/h5-7,9-11H,8H2,1-4H3,(H,20,23). The molecule has 2 aromatic rings. The van der Waals surface area contributed by atoms with Gasteiger partial charge in [-0.25, -0.2) is 4.68 Å². The molecule has 0 aliphatic rings. The second kappa shape index (κ2) is 7.37. The van der Waals surface area contributed by atoms with Crippen LogP contribution in [0, 0.1) is 5.92 Å². The molecule has 0 unspecified atom stereocenters. The van der Waals surface area contributed by atoms with Gasteiger partial charge < -0.3 is 5.32 Å². The zero-order chi connectivity index (χ0) is 17.1. The maximum atomic E-state index is 12.4. The normalized spacial score (nSPS) is 11.3. The Morgan fingerprint density at radius 3 is 2.48 bits per heavy atom. The number of rotatable bonds is 5. The number of benzene rings is 1. The van der Waals surface area contributed by atoms with Crippen molar-refractivity contribution in [2.75, 3.05) is 6.54 Å². The van der Waals surface area contributed by atoms with E-state index in [-0.39, 0.29) is 11.8 Å². The van der Waals surface area contributed by atoms with E-state index in [9.17, 15) is 4.79 Å². The van der Waals surface area contributed by atoms with E-state index in [4.69, 9.17) is 23.2 Å². The first-order chi connectivity index (χ1) is 10.8. The molecule has 0 saturated carbocycles. The van der Waals surface area contributed by atoms with Crippen molar-refractivity contribution in [3.63, 3.8) is 0 Å². The van der Waals surface area contributed by atoms with Gasteiger partial charge in [-0.2, -0.15) is 5.10 Å². The van der Waals surface area contributed by atoms with Crippen molar-refractivity contribution < 1.29 is 4.79 Å². The van der Waals surface area contributed by atoms with Crippen LogP contribution in [0.5, 0.6) is 0 Å². The largest absolute Gasteiger partial charge is 0.352 e. The Bertz CT molecular complexity index is 708. The Morgan fingerprint density at radius 1 is 1.22 bits per heavy atom. The lowest BCUT2D eigenvalue weighted by molar-refractivity contribution is 0.0947. The molecule has 0 fully saturated rings. The molecule has 0 saturated heterocycles. The molecule has 1 N–H and O–H groups in total. The van der Waals surface area contributed by atoms with Crippen LogP contribution in [0.15, 0.2) is 24.4 Å². The van der Waals surface area contributed by atoms with Gasteiger partial charge in [-0.05, 0) is 30.0 Å². The fraction of sp³-hybridized carbons (Fsp3) is 0.412. The van der Waals surface area contributed by atoms with Crippen molar-refractivity contribution in [3.8, 4) is 5.69 Å². The third kappa shape index (κ3) is 4.06. The number of nitrogens with zero attached hydrogens (tertiary/aromatic N) is 2. The van der Waals surface area contributed by atoms with Gasteiger partial charge >= 0.3 is 0 Å². The summed E-state index contributed by atoms with van der Waals surface area (Å²) in [7, 11) is 0. The molecule has 0 aliphatic carbocycles. The summed E-state index contributed by atoms with van der Waals surface area (Å²) in [6.45, 7) is 8.81. The predicted molar refractivity (Wildman–Crippen MR) is 94.8 cm³/mol. The van der Waals surface area contributed by atoms with Crippen LogP contribution in [-0.2, 0) is 0 Å². The molecule has 0 radical (unpaired) electrons. The quantitative estimate of drug-likeness (QED) is 0.847. The molecule has 23 heavy (non-hydrogen) atoms. The smallest absolute Gasteiger partial charge is 0.254 e. The van der Waals surface area contributed by atoms with E-state index in [2.05, 4.69) is 24.3 Å². The van der Waals surface area contributed by atoms with Crippen LogP contribution in [-0.4, -0.2) is 22.2 Å². The van der Waals surface area contributed by atoms with Crippen LogP contribution in [0.1, 0.15) is 49.7 Å². The number of hydrogen-bond acceptors (Lipinski definition) is 2. The lowest BCUT2D eigenvalue weighted by atomic mass is 10.0. The number of carbonyl (C=O) groups is 1. The Labute approximate surface area is 146 Å². The molecule has 1 amide bonds. The van der Waals surface area contributed by atoms with Crippen LogP contribution in [0.25, 0.3) is 5.69 Å². The lowest BCUT2D eigenvalue weighted by Crippen LogP contribution is -2.28. The van der Waals surface area contributed by atoms with Gasteiger partial charge in [-0.15, -0.1) is 0 Å². The molecule has 1 aromatic heterocycles. The zero-order valence-electron chi connectivity index (χ0n) is 13.7. The highest BCUT2D eigenvalue weighted by Gasteiger charge is 2.21. The predicted octanol–water partition coefficient (Wildman–Crippen LogP) is 4.69. The minimum Gasteiger partial charge on any atom is -0.352 e. The molecule has 1 aromatic carbocycles. The molecule has 0 bridgehead atoms. The van der Waals surface area contributed by atoms with Crippen molar-refractivity contribution in [1.29, 1.82) is 0 Å². The molecule has 6 heteroatoms. The molecule has 0 atom stereocenters. The van der Waals surface area contributed by atoms with Crippen LogP contribution in [0.4, 0.5) is 0 Å². The van der Waals surface area contributed by atoms with Gasteiger partial charge in [0.2, 0.25) is 0 Å². The van der Waals surface area contributed by atoms with Crippen molar-refractivity contribution in [2.45, 2.75) is 33.6 Å². The highest BCUT2D eigenvalue weighted by atomic mass is 35.5. The van der Waals surface area contributed by atoms with Gasteiger partial charge in [0.1, 0.15) is 0 Å². The highest BCUT2D eigenvalue weighted by Crippen LogP contribution is 2.28. The van der Waals surface area contributed by atoms with Crippen LogP contribution < -0.4 is 5.32 Å². The summed E-state index contributed by atoms with van der Waals surface area (Å²) in [4.78, 5) is 12.4. The molecule has 4 nitrogen and oxygen atoms in total. The fourth-order valence-electron chi connectivity index (χ4n) is 2.30. The van der Waals surface area contributed by atoms with E-state index in [1.54, 1.807) is 23.0 Å². The molecule has 0 aliphatic heterocycles. The number of amides is 1. The Morgan fingerprint density at radius 2 is 1.91 bits per heavy atom. The lowest BCUT2D eigenvalue weighted by Gasteiger charge is -2.14. The Hall–Kier alpha value is -1.52. The van der Waals surface area contributed by atoms with E-state index in [1.807, 2.05) is 19.9 Å². The third-order valence-electron chi connectivity index (χ3n) is 3.42. The number of halogens is 2. The second-order valence-electron chi connectivity index (χ2n) is 6.21. The maximum Gasteiger partial charge on any atom is 0.254 e. The van der Waals surface area contributed by atoms with Crippen molar-refractivity contribution >= 4 is 29.1 Å². The topological polar surface area (TPSA) is 46.9 Å². The minimum absolute atomic E-state index is 0.103. The van der Waals surface area contributed by atoms with Gasteiger partial charge in [-0.3, -0.25) is 4.79 Å². The first kappa shape index (κ1) is 17.8. The zero-order valence-corrected chi connectivity index (χ0v) is 15.2. The van der Waals surface area contributed by atoms with Crippen LogP contribution in [0.2, 0.25) is 10.0 Å². The van der Waals surface area contributed by atoms with Crippen LogP contribution >= 0.6 is 23.2 Å². The molecular weight excluding hydrogens is 333 g/mol. The van der Waals surface area contributed by atoms with Crippen molar-refractivity contribution in [2.24, 2.45) is 5.92 Å². The van der Waals surface area contributed by atoms with E-state index < -0.39 is 0 Å². The van der Waals surface area contributed by atoms with Gasteiger partial charge in [-0.1, -0.05) is 50.9 Å². The summed E-state index contributed by atoms with van der Waals surface area (Å²) in [6, 6.07) is 5.31. The van der Waals surface area contributed by atoms with Gasteiger partial charge in [0.25, 0.3) is 5.91 Å². The second-order valence-corrected chi connectivity index (χ2v) is 7.03. The van der Waals surface area contributed by atoms with Crippen molar-refractivity contribution in [3.05, 3.63) is 45.7 Å². The minimum atomic E-state index is -0.103. The van der Waals surface area contributed by atoms with Gasteiger partial charge in [0.05, 0.1) is 33.2 Å². The monoisotopic (exact) mass is 353 g/mol. The number of carbonyl (C=O) groups excluding carboxylic acids is 1. The van der Waals surface area contributed by atoms with Crippen molar-refractivity contribution in [1.82, 2.24) is 15.1 Å². The summed E-state index contributed by atoms with van der Waals surface area (Å²) >= 11 is 12.1. The average Bonchev–Trinajstić information content (AvgIpc) is 2.92. The third-order valence-corrected chi connectivity index (χ3v) is 4.16. The first-order valence-electron chi connectivity index (χ1n) is 7.62. The highest BCUT2D eigenvalue weighted by molar-refractivity contribution is 6.42. The summed E-state index contributed by atoms with van der Waals surface area (Å²) < 4.78 is 1.75. The Balaban J connectivity index is 2.42. The molecule has 2 rings (SSSR count). The number of hydrogen-bond donors (Lipinski definition) is 1. The molecular formula is C17H21Cl2N3O. The first-order valence-corrected chi connectivity index (χ1v) is 8.38. The summed E-state index contributed by atoms with van der Waals surface area (Å²) in [5, 5.41) is 8.27. The SMILES string of the molecule is CC(C)CNC(=O)c1cnn(-c2ccc(Cl)c(Cl)c2)c1C(C)C. The Kier molecular flexibility index (Phi) is 5.71. The maximum absolute atomic E-state index is 12.4. The van der Waals surface area contributed by atoms with E-state index in [0.29, 0.717) is 28.1 Å². The van der Waals surface area contributed by atoms with E-state index in [1.165, 1.54) is 0 Å². The number of nitrogens with one attached hydrogen (secondary N) is 1. The molecule has 1 heterocycles. The van der Waals surface area contributed by atoms with E-state index in [0.717, 1.165) is 11.4 Å².